The smallest absolute Gasteiger partial charge is 0.293 e. The predicted octanol–water partition coefficient (Wildman–Crippen LogP) is 10.3. The number of sulfonamides is 1. The number of hydrogen-bond donors (Lipinski definition) is 4. The summed E-state index contributed by atoms with van der Waals surface area (Å²) < 4.78 is 84.9. The number of ether oxygens (including phenoxy) is 4. The van der Waals surface area contributed by atoms with Crippen molar-refractivity contribution in [1.29, 1.82) is 0 Å². The SMILES string of the molecule is CC(C)Oc1ccccc1[C@H]1CN([C@@H]2CCOc3cc(F)c(F)cc32)CCN1C1CC2(CCN(c3ccc(C(=O)NS(=O)(=O)c4ccc(NCC5CCC(C)(O)CC5)c([N+](=O)[O-])c4)c(N4c5cc6cc[nH]c6nc5O[C@H]5COCC[C@@H]54)c3)CC2)C1. The van der Waals surface area contributed by atoms with E-state index in [0.717, 1.165) is 93.2 Å². The zero-order valence-corrected chi connectivity index (χ0v) is 48.9. The Morgan fingerprint density at radius 1 is 0.906 bits per heavy atom. The lowest BCUT2D eigenvalue weighted by Crippen LogP contribution is -2.60. The Morgan fingerprint density at radius 2 is 1.69 bits per heavy atom. The van der Waals surface area contributed by atoms with E-state index in [2.05, 4.69) is 46.8 Å². The van der Waals surface area contributed by atoms with Crippen LogP contribution in [0.5, 0.6) is 17.4 Å². The molecular formula is C63H73F2N9O10S. The molecule has 5 fully saturated rings. The molecule has 0 bridgehead atoms. The summed E-state index contributed by atoms with van der Waals surface area (Å²) in [7, 11) is -4.67. The Labute approximate surface area is 493 Å². The van der Waals surface area contributed by atoms with E-state index in [9.17, 15) is 37.2 Å². The van der Waals surface area contributed by atoms with E-state index in [1.54, 1.807) is 12.3 Å². The normalized spacial score (nSPS) is 25.3. The van der Waals surface area contributed by atoms with Crippen LogP contribution in [0.1, 0.15) is 119 Å². The minimum absolute atomic E-state index is 0.0185. The summed E-state index contributed by atoms with van der Waals surface area (Å²) in [5, 5.41) is 26.9. The molecule has 7 aliphatic rings. The first-order valence-electron chi connectivity index (χ1n) is 30.0. The molecule has 2 aliphatic carbocycles. The van der Waals surface area contributed by atoms with Crippen LogP contribution in [0.4, 0.5) is 37.2 Å². The number of nitro groups is 1. The van der Waals surface area contributed by atoms with Crippen molar-refractivity contribution in [2.75, 3.05) is 74.2 Å². The van der Waals surface area contributed by atoms with Crippen LogP contribution in [-0.4, -0.2) is 133 Å². The first kappa shape index (κ1) is 57.0. The van der Waals surface area contributed by atoms with Crippen molar-refractivity contribution >= 4 is 55.4 Å². The van der Waals surface area contributed by atoms with Crippen molar-refractivity contribution in [3.05, 3.63) is 130 Å². The Balaban J connectivity index is 0.762. The number of halogens is 2. The van der Waals surface area contributed by atoms with Crippen LogP contribution in [-0.2, 0) is 14.8 Å². The quantitative estimate of drug-likeness (QED) is 0.0589. The number of amides is 1. The number of piperidine rings is 1. The number of aromatic nitrogens is 2. The average Bonchev–Trinajstić information content (AvgIpc) is 1.97. The maximum Gasteiger partial charge on any atom is 0.293 e. The van der Waals surface area contributed by atoms with Crippen molar-refractivity contribution in [1.82, 2.24) is 24.5 Å². The van der Waals surface area contributed by atoms with Gasteiger partial charge < -0.3 is 44.2 Å². The van der Waals surface area contributed by atoms with Crippen molar-refractivity contribution in [3.63, 3.8) is 0 Å². The molecule has 1 amide bonds. The maximum absolute atomic E-state index is 14.9. The second-order valence-electron chi connectivity index (χ2n) is 25.0. The fourth-order valence-corrected chi connectivity index (χ4v) is 15.5. The molecule has 6 aromatic rings. The molecule has 0 radical (unpaired) electrons. The number of piperazine rings is 1. The number of H-pyrrole nitrogens is 1. The van der Waals surface area contributed by atoms with Gasteiger partial charge in [-0.2, -0.15) is 4.98 Å². The Kier molecular flexibility index (Phi) is 15.2. The van der Waals surface area contributed by atoms with Crippen LogP contribution in [0.3, 0.4) is 0 Å². The molecule has 19 nitrogen and oxygen atoms in total. The van der Waals surface area contributed by atoms with Gasteiger partial charge in [-0.25, -0.2) is 21.9 Å². The summed E-state index contributed by atoms with van der Waals surface area (Å²) in [5.74, 6) is -0.951. The van der Waals surface area contributed by atoms with Gasteiger partial charge in [0.1, 0.15) is 34.6 Å². The average molecular weight is 1190 g/mol. The number of rotatable bonds is 14. The van der Waals surface area contributed by atoms with Crippen LogP contribution in [0.25, 0.3) is 11.0 Å². The number of nitrogens with zero attached hydrogens (tertiary/aromatic N) is 6. The third-order valence-corrected chi connectivity index (χ3v) is 20.5. The van der Waals surface area contributed by atoms with Gasteiger partial charge in [0.2, 0.25) is 5.88 Å². The van der Waals surface area contributed by atoms with Crippen LogP contribution in [0.15, 0.2) is 96.0 Å². The van der Waals surface area contributed by atoms with Gasteiger partial charge in [0.05, 0.1) is 58.1 Å². The number of carbonyl (C=O) groups is 1. The molecule has 3 saturated heterocycles. The fourth-order valence-electron chi connectivity index (χ4n) is 14.5. The minimum Gasteiger partial charge on any atom is -0.493 e. The second-order valence-corrected chi connectivity index (χ2v) is 26.7. The Bertz CT molecular complexity index is 3630. The van der Waals surface area contributed by atoms with Crippen LogP contribution >= 0.6 is 0 Å². The first-order chi connectivity index (χ1) is 40.9. The summed E-state index contributed by atoms with van der Waals surface area (Å²) in [6.07, 6.45) is 9.09. The highest BCUT2D eigenvalue weighted by molar-refractivity contribution is 7.90. The minimum atomic E-state index is -4.67. The van der Waals surface area contributed by atoms with E-state index in [-0.39, 0.29) is 53.4 Å². The lowest BCUT2D eigenvalue weighted by molar-refractivity contribution is -0.384. The summed E-state index contributed by atoms with van der Waals surface area (Å²) in [5.41, 5.74) is 3.48. The van der Waals surface area contributed by atoms with Crippen molar-refractivity contribution in [3.8, 4) is 17.4 Å². The fraction of sp³-hybridized carbons (Fsp3) is 0.492. The van der Waals surface area contributed by atoms with Gasteiger partial charge in [-0.05, 0) is 144 Å². The van der Waals surface area contributed by atoms with Crippen molar-refractivity contribution in [2.24, 2.45) is 11.3 Å². The number of aliphatic hydroxyl groups is 1. The van der Waals surface area contributed by atoms with E-state index in [1.165, 1.54) is 24.3 Å². The maximum atomic E-state index is 14.9. The highest BCUT2D eigenvalue weighted by atomic mass is 32.2. The van der Waals surface area contributed by atoms with E-state index in [0.29, 0.717) is 92.2 Å². The zero-order valence-electron chi connectivity index (χ0n) is 48.1. The number of carbonyl (C=O) groups excluding carboxylic acids is 1. The van der Waals surface area contributed by atoms with Gasteiger partial charge in [-0.1, -0.05) is 18.2 Å². The Hall–Kier alpha value is -7.11. The summed E-state index contributed by atoms with van der Waals surface area (Å²) in [6, 6.07) is 23.5. The molecule has 4 atom stereocenters. The summed E-state index contributed by atoms with van der Waals surface area (Å²) >= 11 is 0. The highest BCUT2D eigenvalue weighted by Gasteiger charge is 2.51. The summed E-state index contributed by atoms with van der Waals surface area (Å²) in [4.78, 5) is 43.7. The monoisotopic (exact) mass is 1190 g/mol. The topological polar surface area (TPSA) is 217 Å². The largest absolute Gasteiger partial charge is 0.493 e. The number of hydrogen-bond acceptors (Lipinski definition) is 16. The number of para-hydroxylation sites is 1. The van der Waals surface area contributed by atoms with Gasteiger partial charge >= 0.3 is 0 Å². The molecule has 450 valence electrons. The van der Waals surface area contributed by atoms with Crippen LogP contribution in [0, 0.1) is 33.1 Å². The summed E-state index contributed by atoms with van der Waals surface area (Å²) in [6.45, 7) is 11.1. The number of benzene rings is 4. The number of pyridine rings is 1. The number of fused-ring (bicyclic) bond motifs is 4. The molecule has 4 N–H and O–H groups in total. The third kappa shape index (κ3) is 11.2. The van der Waals surface area contributed by atoms with E-state index in [1.807, 2.05) is 57.2 Å². The zero-order chi connectivity index (χ0) is 58.9. The third-order valence-electron chi connectivity index (χ3n) is 19.1. The molecule has 13 rings (SSSR count). The second kappa shape index (κ2) is 22.6. The van der Waals surface area contributed by atoms with Crippen LogP contribution < -0.4 is 34.0 Å². The molecule has 5 aliphatic heterocycles. The molecule has 2 saturated carbocycles. The number of nitro benzene ring substituents is 1. The standard InChI is InChI=1S/C63H73F2N9O10S/c1-38(2)83-56-7-5-4-6-44(56)55-36-71(50-16-27-82-57-32-48(65)47(64)31-46(50)57)24-25-72(55)42-33-63(34-42)19-22-70(23-20-63)41-8-10-45(52(29-41)73-51-15-26-81-37-58(51)84-61-54(73)28-40-14-21-66-59(40)68-61)60(75)69-85(79,80)43-9-11-49(53(30-43)74(77)78)67-35-39-12-17-62(3,76)18-13-39/h4-11,14,21,28-32,38-39,42,50-51,55,58,67,76H,12-13,15-20,22-27,33-37H2,1-3H3,(H,66,68)(H,69,75)/t39?,50-,51+,55-,58+,62?/m1/s1. The Morgan fingerprint density at radius 3 is 2.48 bits per heavy atom. The molecular weight excluding hydrogens is 1110 g/mol. The first-order valence-corrected chi connectivity index (χ1v) is 31.5. The van der Waals surface area contributed by atoms with Crippen molar-refractivity contribution in [2.45, 2.75) is 132 Å². The molecule has 2 aromatic heterocycles. The van der Waals surface area contributed by atoms with Gasteiger partial charge in [-0.15, -0.1) is 0 Å². The van der Waals surface area contributed by atoms with E-state index < -0.39 is 54.8 Å². The van der Waals surface area contributed by atoms with Gasteiger partial charge in [0, 0.05) is 105 Å². The van der Waals surface area contributed by atoms with Gasteiger partial charge in [0.25, 0.3) is 21.6 Å². The van der Waals surface area contributed by atoms with E-state index >= 15 is 0 Å². The van der Waals surface area contributed by atoms with Gasteiger partial charge in [0.15, 0.2) is 11.6 Å². The molecule has 22 heteroatoms. The predicted molar refractivity (Wildman–Crippen MR) is 316 cm³/mol. The molecule has 85 heavy (non-hydrogen) atoms. The van der Waals surface area contributed by atoms with Crippen molar-refractivity contribution < 1.29 is 51.0 Å². The molecule has 4 aromatic carbocycles. The number of nitrogens with one attached hydrogen (secondary N) is 3. The highest BCUT2D eigenvalue weighted by Crippen LogP contribution is 2.55. The molecule has 1 spiro atoms. The van der Waals surface area contributed by atoms with Gasteiger partial charge in [-0.3, -0.25) is 24.7 Å². The van der Waals surface area contributed by atoms with E-state index in [4.69, 9.17) is 23.9 Å². The molecule has 7 heterocycles. The van der Waals surface area contributed by atoms with Crippen LogP contribution in [0.2, 0.25) is 0 Å². The number of aromatic amines is 1. The molecule has 0 unspecified atom stereocenters. The number of anilines is 4. The lowest BCUT2D eigenvalue weighted by atomic mass is 9.59. The lowest BCUT2D eigenvalue weighted by Gasteiger charge is -2.59.